The average molecular weight is 565 g/mol. The maximum Gasteiger partial charge on any atom is 0.0430 e. The number of thiophene rings is 1. The van der Waals surface area contributed by atoms with Gasteiger partial charge in [-0.3, -0.25) is 0 Å². The molecule has 0 aliphatic heterocycles. The van der Waals surface area contributed by atoms with Crippen molar-refractivity contribution in [3.63, 3.8) is 0 Å². The molecule has 43 heavy (non-hydrogen) atoms. The van der Waals surface area contributed by atoms with Crippen molar-refractivity contribution in [2.45, 2.75) is 12.8 Å². The second-order valence-corrected chi connectivity index (χ2v) is 12.6. The Labute approximate surface area is 255 Å². The smallest absolute Gasteiger partial charge is 0.0430 e. The number of allylic oxidation sites excluding steroid dienone is 1. The van der Waals surface area contributed by atoms with Crippen LogP contribution in [0.15, 0.2) is 140 Å². The fourth-order valence-electron chi connectivity index (χ4n) is 7.19. The molecule has 0 unspecified atom stereocenters. The Balaban J connectivity index is 1.34. The zero-order valence-electron chi connectivity index (χ0n) is 23.7. The van der Waals surface area contributed by atoms with Crippen LogP contribution in [-0.4, -0.2) is 0 Å². The summed E-state index contributed by atoms with van der Waals surface area (Å²) < 4.78 is 1.40. The van der Waals surface area contributed by atoms with Gasteiger partial charge in [0.1, 0.15) is 0 Å². The third-order valence-corrected chi connectivity index (χ3v) is 10.4. The molecule has 1 aromatic heterocycles. The van der Waals surface area contributed by atoms with Gasteiger partial charge in [0.25, 0.3) is 0 Å². The summed E-state index contributed by atoms with van der Waals surface area (Å²) in [5.41, 5.74) is 9.18. The Morgan fingerprint density at radius 2 is 1.12 bits per heavy atom. The Morgan fingerprint density at radius 3 is 1.88 bits per heavy atom. The summed E-state index contributed by atoms with van der Waals surface area (Å²) in [6.45, 7) is 0. The summed E-state index contributed by atoms with van der Waals surface area (Å²) in [6, 6.07) is 49.4. The lowest BCUT2D eigenvalue weighted by molar-refractivity contribution is 1.02. The lowest BCUT2D eigenvalue weighted by Gasteiger charge is -2.19. The largest absolute Gasteiger partial charge is 0.139 e. The summed E-state index contributed by atoms with van der Waals surface area (Å²) >= 11 is 1.98. The minimum atomic E-state index is 1.14. The maximum atomic E-state index is 2.43. The van der Waals surface area contributed by atoms with Crippen molar-refractivity contribution in [2.24, 2.45) is 0 Å². The average Bonchev–Trinajstić information content (AvgIpc) is 3.46. The molecule has 0 amide bonds. The van der Waals surface area contributed by atoms with E-state index in [4.69, 9.17) is 0 Å². The van der Waals surface area contributed by atoms with Crippen LogP contribution >= 0.6 is 11.3 Å². The predicted octanol–water partition coefficient (Wildman–Crippen LogP) is 12.3. The van der Waals surface area contributed by atoms with Crippen molar-refractivity contribution in [3.05, 3.63) is 150 Å². The van der Waals surface area contributed by atoms with Crippen molar-refractivity contribution in [3.8, 4) is 33.4 Å². The van der Waals surface area contributed by atoms with E-state index in [0.29, 0.717) is 0 Å². The van der Waals surface area contributed by atoms with Crippen LogP contribution in [0.3, 0.4) is 0 Å². The molecule has 1 aliphatic rings. The molecule has 1 aliphatic carbocycles. The summed E-state index contributed by atoms with van der Waals surface area (Å²) in [5, 5.41) is 9.10. The van der Waals surface area contributed by atoms with E-state index in [9.17, 15) is 0 Å². The van der Waals surface area contributed by atoms with Gasteiger partial charge in [-0.15, -0.1) is 11.3 Å². The zero-order valence-corrected chi connectivity index (χ0v) is 24.5. The Kier molecular flexibility index (Phi) is 5.61. The van der Waals surface area contributed by atoms with Crippen LogP contribution in [0.5, 0.6) is 0 Å². The van der Waals surface area contributed by atoms with E-state index in [-0.39, 0.29) is 0 Å². The van der Waals surface area contributed by atoms with Crippen LogP contribution < -0.4 is 0 Å². The van der Waals surface area contributed by atoms with E-state index in [1.807, 2.05) is 11.3 Å². The molecule has 0 saturated carbocycles. The molecule has 0 saturated heterocycles. The first-order valence-electron chi connectivity index (χ1n) is 15.1. The third kappa shape index (κ3) is 3.82. The van der Waals surface area contributed by atoms with E-state index in [1.165, 1.54) is 86.2 Å². The molecule has 0 N–H and O–H groups in total. The summed E-state index contributed by atoms with van der Waals surface area (Å²) in [6.07, 6.45) is 6.93. The highest BCUT2D eigenvalue weighted by atomic mass is 32.1. The topological polar surface area (TPSA) is 0 Å². The van der Waals surface area contributed by atoms with Gasteiger partial charge in [-0.1, -0.05) is 140 Å². The van der Waals surface area contributed by atoms with Crippen LogP contribution in [0.25, 0.3) is 81.9 Å². The van der Waals surface area contributed by atoms with Gasteiger partial charge in [-0.25, -0.2) is 0 Å². The van der Waals surface area contributed by atoms with Crippen molar-refractivity contribution in [2.75, 3.05) is 0 Å². The summed E-state index contributed by atoms with van der Waals surface area (Å²) in [7, 11) is 0. The number of hydrogen-bond donors (Lipinski definition) is 0. The molecule has 0 nitrogen and oxygen atoms in total. The van der Waals surface area contributed by atoms with Gasteiger partial charge in [0, 0.05) is 15.0 Å². The van der Waals surface area contributed by atoms with E-state index in [0.717, 1.165) is 12.8 Å². The second-order valence-electron chi connectivity index (χ2n) is 11.5. The minimum absolute atomic E-state index is 1.14. The lowest BCUT2D eigenvalue weighted by Crippen LogP contribution is -1.91. The van der Waals surface area contributed by atoms with Gasteiger partial charge in [0.15, 0.2) is 0 Å². The molecule has 9 rings (SSSR count). The first-order chi connectivity index (χ1) is 21.3. The highest BCUT2D eigenvalue weighted by Gasteiger charge is 2.19. The van der Waals surface area contributed by atoms with Crippen molar-refractivity contribution >= 4 is 59.8 Å². The van der Waals surface area contributed by atoms with Gasteiger partial charge in [-0.2, -0.15) is 0 Å². The third-order valence-electron chi connectivity index (χ3n) is 9.11. The number of aryl methyl sites for hydroxylation is 1. The van der Waals surface area contributed by atoms with Gasteiger partial charge in [0.2, 0.25) is 0 Å². The molecule has 0 radical (unpaired) electrons. The molecule has 0 atom stereocenters. The van der Waals surface area contributed by atoms with Crippen LogP contribution in [0.1, 0.15) is 16.9 Å². The standard InChI is InChI=1S/C42H28S/c1-2-12-28(13-3-1)40-32-16-4-6-18-34(32)41(35-19-7-5-17-33(35)40)36-21-10-14-27-24-25-29(26-38(27)36)30-20-11-22-37-31-15-8-9-23-39(31)43-42(30)37/h1-8,10-22,24-26H,9,23H2. The van der Waals surface area contributed by atoms with E-state index < -0.39 is 0 Å². The van der Waals surface area contributed by atoms with Gasteiger partial charge in [0.05, 0.1) is 0 Å². The summed E-state index contributed by atoms with van der Waals surface area (Å²) in [5.74, 6) is 0. The molecular formula is C42H28S. The van der Waals surface area contributed by atoms with E-state index in [2.05, 4.69) is 146 Å². The zero-order chi connectivity index (χ0) is 28.3. The van der Waals surface area contributed by atoms with Gasteiger partial charge in [-0.05, 0) is 90.2 Å². The minimum Gasteiger partial charge on any atom is -0.139 e. The van der Waals surface area contributed by atoms with E-state index >= 15 is 0 Å². The number of fused-ring (bicyclic) bond motifs is 6. The van der Waals surface area contributed by atoms with Crippen LogP contribution in [-0.2, 0) is 6.42 Å². The lowest BCUT2D eigenvalue weighted by atomic mass is 9.84. The second kappa shape index (κ2) is 9.80. The monoisotopic (exact) mass is 564 g/mol. The summed E-state index contributed by atoms with van der Waals surface area (Å²) in [4.78, 5) is 1.52. The van der Waals surface area contributed by atoms with Crippen LogP contribution in [0.4, 0.5) is 0 Å². The molecule has 202 valence electrons. The van der Waals surface area contributed by atoms with Crippen molar-refractivity contribution in [1.29, 1.82) is 0 Å². The maximum absolute atomic E-state index is 2.43. The van der Waals surface area contributed by atoms with Gasteiger partial charge < -0.3 is 0 Å². The molecule has 1 heteroatoms. The fraction of sp³-hybridized carbons (Fsp3) is 0.0476. The number of rotatable bonds is 3. The van der Waals surface area contributed by atoms with E-state index in [1.54, 1.807) is 0 Å². The normalized spacial score (nSPS) is 12.8. The quantitative estimate of drug-likeness (QED) is 0.187. The Morgan fingerprint density at radius 1 is 0.465 bits per heavy atom. The van der Waals surface area contributed by atoms with Crippen molar-refractivity contribution in [1.82, 2.24) is 0 Å². The Bertz CT molecular complexity index is 2330. The highest BCUT2D eigenvalue weighted by Crippen LogP contribution is 2.46. The Hall–Kier alpha value is -4.98. The molecule has 0 bridgehead atoms. The molecule has 0 spiro atoms. The van der Waals surface area contributed by atoms with Crippen LogP contribution in [0, 0.1) is 0 Å². The number of benzene rings is 7. The fourth-order valence-corrected chi connectivity index (χ4v) is 8.53. The first-order valence-corrected chi connectivity index (χ1v) is 15.9. The number of hydrogen-bond acceptors (Lipinski definition) is 1. The molecule has 0 fully saturated rings. The SMILES string of the molecule is C1=Cc2c(sc3c(-c4ccc5cccc(-c6c7ccccc7c(-c7ccccc7)c7ccccc67)c5c4)cccc23)CC1. The predicted molar refractivity (Wildman–Crippen MR) is 188 cm³/mol. The van der Waals surface area contributed by atoms with Gasteiger partial charge >= 0.3 is 0 Å². The molecule has 8 aromatic rings. The van der Waals surface area contributed by atoms with Crippen molar-refractivity contribution < 1.29 is 0 Å². The first kappa shape index (κ1) is 24.6. The highest BCUT2D eigenvalue weighted by molar-refractivity contribution is 7.20. The van der Waals surface area contributed by atoms with Crippen LogP contribution in [0.2, 0.25) is 0 Å². The molecule has 1 heterocycles. The molecule has 7 aromatic carbocycles. The molecular weight excluding hydrogens is 537 g/mol.